The Hall–Kier alpha value is -0.970. The Bertz CT molecular complexity index is 334. The van der Waals surface area contributed by atoms with Crippen molar-refractivity contribution in [1.29, 1.82) is 0 Å². The summed E-state index contributed by atoms with van der Waals surface area (Å²) in [7, 11) is 0. The number of amidine groups is 1. The molecule has 1 saturated heterocycles. The van der Waals surface area contributed by atoms with Gasteiger partial charge in [0, 0.05) is 17.9 Å². The summed E-state index contributed by atoms with van der Waals surface area (Å²) in [6, 6.07) is 2.38. The molecule has 1 aromatic rings. The van der Waals surface area contributed by atoms with Crippen LogP contribution in [0.25, 0.3) is 0 Å². The maximum atomic E-state index is 4.74. The molecule has 0 saturated carbocycles. The maximum Gasteiger partial charge on any atom is 0.157 e. The van der Waals surface area contributed by atoms with E-state index >= 15 is 0 Å². The lowest BCUT2D eigenvalue weighted by atomic mass is 10.1. The first kappa shape index (κ1) is 10.5. The van der Waals surface area contributed by atoms with Gasteiger partial charge in [-0.2, -0.15) is 0 Å². The maximum absolute atomic E-state index is 4.74. The fourth-order valence-corrected chi connectivity index (χ4v) is 2.53. The third kappa shape index (κ3) is 2.75. The van der Waals surface area contributed by atoms with Crippen LogP contribution in [0.5, 0.6) is 0 Å². The number of aromatic nitrogens is 1. The summed E-state index contributed by atoms with van der Waals surface area (Å²) in [6.07, 6.45) is 1.57. The predicted molar refractivity (Wildman–Crippen MR) is 61.9 cm³/mol. The largest absolute Gasteiger partial charge is 0.364 e. The van der Waals surface area contributed by atoms with Crippen LogP contribution in [-0.2, 0) is 6.54 Å². The average Bonchev–Trinajstić information content (AvgIpc) is 2.86. The second kappa shape index (κ2) is 4.70. The van der Waals surface area contributed by atoms with Crippen LogP contribution < -0.4 is 5.32 Å². The fraction of sp³-hybridized carbons (Fsp3) is 0.600. The molecular weight excluding hydrogens is 210 g/mol. The molecule has 0 bridgehead atoms. The first-order valence-electron chi connectivity index (χ1n) is 5.09. The van der Waals surface area contributed by atoms with Crippen molar-refractivity contribution in [1.82, 2.24) is 10.5 Å². The van der Waals surface area contributed by atoms with E-state index in [1.165, 1.54) is 0 Å². The van der Waals surface area contributed by atoms with Crippen molar-refractivity contribution in [3.63, 3.8) is 0 Å². The van der Waals surface area contributed by atoms with E-state index in [1.807, 2.05) is 6.07 Å². The van der Waals surface area contributed by atoms with Gasteiger partial charge in [0.05, 0.1) is 6.54 Å². The molecule has 1 atom stereocenters. The van der Waals surface area contributed by atoms with Gasteiger partial charge in [0.15, 0.2) is 5.17 Å². The Morgan fingerprint density at radius 1 is 1.73 bits per heavy atom. The van der Waals surface area contributed by atoms with E-state index in [0.717, 1.165) is 16.6 Å². The Morgan fingerprint density at radius 3 is 3.20 bits per heavy atom. The third-order valence-electron chi connectivity index (χ3n) is 2.39. The lowest BCUT2D eigenvalue weighted by Crippen LogP contribution is -2.31. The van der Waals surface area contributed by atoms with Crippen molar-refractivity contribution < 1.29 is 4.52 Å². The van der Waals surface area contributed by atoms with Gasteiger partial charge < -0.3 is 9.84 Å². The van der Waals surface area contributed by atoms with Crippen LogP contribution in [0.2, 0.25) is 0 Å². The van der Waals surface area contributed by atoms with Crippen molar-refractivity contribution >= 4 is 16.9 Å². The van der Waals surface area contributed by atoms with E-state index in [-0.39, 0.29) is 0 Å². The van der Waals surface area contributed by atoms with Crippen molar-refractivity contribution in [2.24, 2.45) is 10.9 Å². The van der Waals surface area contributed by atoms with Gasteiger partial charge in [-0.3, -0.25) is 4.99 Å². The lowest BCUT2D eigenvalue weighted by Gasteiger charge is -2.12. The summed E-state index contributed by atoms with van der Waals surface area (Å²) < 4.78 is 4.74. The van der Waals surface area contributed by atoms with Crippen molar-refractivity contribution in [2.75, 3.05) is 5.75 Å². The molecule has 0 spiro atoms. The summed E-state index contributed by atoms with van der Waals surface area (Å²) in [5, 5.41) is 8.24. The highest BCUT2D eigenvalue weighted by molar-refractivity contribution is 8.14. The topological polar surface area (TPSA) is 50.4 Å². The smallest absolute Gasteiger partial charge is 0.157 e. The molecule has 1 aliphatic heterocycles. The molecule has 4 nitrogen and oxygen atoms in total. The van der Waals surface area contributed by atoms with Crippen LogP contribution in [0, 0.1) is 5.92 Å². The van der Waals surface area contributed by atoms with E-state index < -0.39 is 0 Å². The first-order valence-corrected chi connectivity index (χ1v) is 6.07. The predicted octanol–water partition coefficient (Wildman–Crippen LogP) is 1.89. The molecule has 0 radical (unpaired) electrons. The van der Waals surface area contributed by atoms with Gasteiger partial charge in [0.2, 0.25) is 0 Å². The number of rotatable bonds is 3. The second-order valence-electron chi connectivity index (χ2n) is 3.92. The van der Waals surface area contributed by atoms with Crippen molar-refractivity contribution in [3.8, 4) is 0 Å². The van der Waals surface area contributed by atoms with Crippen LogP contribution in [0.15, 0.2) is 21.8 Å². The number of hydrogen-bond acceptors (Lipinski definition) is 4. The van der Waals surface area contributed by atoms with Gasteiger partial charge in [-0.1, -0.05) is 30.8 Å². The molecule has 15 heavy (non-hydrogen) atoms. The molecule has 1 unspecified atom stereocenters. The molecule has 1 fully saturated rings. The van der Waals surface area contributed by atoms with E-state index in [4.69, 9.17) is 4.52 Å². The number of hydrogen-bond donors (Lipinski definition) is 1. The average molecular weight is 225 g/mol. The van der Waals surface area contributed by atoms with E-state index in [0.29, 0.717) is 18.5 Å². The van der Waals surface area contributed by atoms with E-state index in [1.54, 1.807) is 18.0 Å². The lowest BCUT2D eigenvalue weighted by molar-refractivity contribution is 0.412. The molecule has 2 rings (SSSR count). The molecule has 2 heterocycles. The summed E-state index contributed by atoms with van der Waals surface area (Å²) >= 11 is 1.78. The van der Waals surface area contributed by atoms with Crippen LogP contribution in [0.3, 0.4) is 0 Å². The zero-order chi connectivity index (χ0) is 10.7. The van der Waals surface area contributed by atoms with Gasteiger partial charge in [-0.05, 0) is 5.92 Å². The molecule has 82 valence electrons. The molecule has 1 aliphatic rings. The van der Waals surface area contributed by atoms with Crippen LogP contribution in [-0.4, -0.2) is 22.1 Å². The Morgan fingerprint density at radius 2 is 2.60 bits per heavy atom. The molecular formula is C10H15N3OS. The fourth-order valence-electron chi connectivity index (χ4n) is 1.33. The molecule has 1 N–H and O–H groups in total. The van der Waals surface area contributed by atoms with Crippen LogP contribution >= 0.6 is 11.8 Å². The van der Waals surface area contributed by atoms with Gasteiger partial charge >= 0.3 is 0 Å². The molecule has 1 aromatic heterocycles. The minimum atomic E-state index is 0.547. The SMILES string of the molecule is CC(C)C1CSC(=NCc2ccon2)N1. The minimum absolute atomic E-state index is 0.547. The summed E-state index contributed by atoms with van der Waals surface area (Å²) in [5.74, 6) is 1.76. The Labute approximate surface area is 93.5 Å². The monoisotopic (exact) mass is 225 g/mol. The van der Waals surface area contributed by atoms with Gasteiger partial charge in [0.25, 0.3) is 0 Å². The zero-order valence-corrected chi connectivity index (χ0v) is 9.75. The summed E-state index contributed by atoms with van der Waals surface area (Å²) in [5.41, 5.74) is 0.873. The quantitative estimate of drug-likeness (QED) is 0.853. The first-order chi connectivity index (χ1) is 7.25. The van der Waals surface area contributed by atoms with E-state index in [2.05, 4.69) is 29.3 Å². The van der Waals surface area contributed by atoms with Gasteiger partial charge in [-0.25, -0.2) is 0 Å². The number of aliphatic imine (C=N–C) groups is 1. The minimum Gasteiger partial charge on any atom is -0.364 e. The molecule has 0 aromatic carbocycles. The summed E-state index contributed by atoms with van der Waals surface area (Å²) in [6.45, 7) is 5.04. The zero-order valence-electron chi connectivity index (χ0n) is 8.93. The molecule has 5 heteroatoms. The number of nitrogens with zero attached hydrogens (tertiary/aromatic N) is 2. The number of thioether (sulfide) groups is 1. The third-order valence-corrected chi connectivity index (χ3v) is 3.44. The van der Waals surface area contributed by atoms with E-state index in [9.17, 15) is 0 Å². The van der Waals surface area contributed by atoms with Crippen LogP contribution in [0.1, 0.15) is 19.5 Å². The standard InChI is InChI=1S/C10H15N3OS/c1-7(2)9-6-15-10(12-9)11-5-8-3-4-14-13-8/h3-4,7,9H,5-6H2,1-2H3,(H,11,12). The normalized spacial score (nSPS) is 23.7. The second-order valence-corrected chi connectivity index (χ2v) is 4.93. The van der Waals surface area contributed by atoms with Gasteiger partial charge in [-0.15, -0.1) is 0 Å². The van der Waals surface area contributed by atoms with Crippen LogP contribution in [0.4, 0.5) is 0 Å². The molecule has 0 amide bonds. The highest BCUT2D eigenvalue weighted by Gasteiger charge is 2.22. The van der Waals surface area contributed by atoms with Gasteiger partial charge in [0.1, 0.15) is 12.0 Å². The Balaban J connectivity index is 1.88. The highest BCUT2D eigenvalue weighted by Crippen LogP contribution is 2.19. The van der Waals surface area contributed by atoms with Crippen molar-refractivity contribution in [3.05, 3.63) is 18.0 Å². The summed E-state index contributed by atoms with van der Waals surface area (Å²) in [4.78, 5) is 4.44. The van der Waals surface area contributed by atoms with Crippen molar-refractivity contribution in [2.45, 2.75) is 26.4 Å². The Kier molecular flexibility index (Phi) is 3.30. The number of nitrogens with one attached hydrogen (secondary N) is 1. The highest BCUT2D eigenvalue weighted by atomic mass is 32.2. The molecule has 0 aliphatic carbocycles.